The Labute approximate surface area is 215 Å². The zero-order valence-electron chi connectivity index (χ0n) is 20.0. The molecule has 186 valence electrons. The fraction of sp³-hybridized carbons (Fsp3) is 0.417. The number of hydrogen-bond acceptors (Lipinski definition) is 4. The molecule has 0 heterocycles. The van der Waals surface area contributed by atoms with E-state index in [2.05, 4.69) is 21.2 Å². The van der Waals surface area contributed by atoms with Crippen LogP contribution in [0.15, 0.2) is 46.9 Å². The van der Waals surface area contributed by atoms with Crippen molar-refractivity contribution in [3.05, 3.63) is 63.1 Å². The lowest BCUT2D eigenvalue weighted by Crippen LogP contribution is -2.51. The Morgan fingerprint density at radius 2 is 1.71 bits per heavy atom. The third kappa shape index (κ3) is 7.99. The molecule has 2 rings (SSSR count). The molecular weight excluding hydrogens is 542 g/mol. The summed E-state index contributed by atoms with van der Waals surface area (Å²) in [6.45, 7) is 7.51. The van der Waals surface area contributed by atoms with Crippen molar-refractivity contribution < 1.29 is 18.0 Å². The van der Waals surface area contributed by atoms with Gasteiger partial charge < -0.3 is 10.2 Å². The maximum absolute atomic E-state index is 13.5. The van der Waals surface area contributed by atoms with E-state index in [0.717, 1.165) is 20.6 Å². The first-order valence-electron chi connectivity index (χ1n) is 10.8. The summed E-state index contributed by atoms with van der Waals surface area (Å²) in [6.07, 6.45) is 1.05. The van der Waals surface area contributed by atoms with Crippen LogP contribution in [-0.4, -0.2) is 50.5 Å². The molecule has 2 aromatic carbocycles. The van der Waals surface area contributed by atoms with Crippen molar-refractivity contribution in [2.24, 2.45) is 5.92 Å². The summed E-state index contributed by atoms with van der Waals surface area (Å²) in [4.78, 5) is 27.7. The topological polar surface area (TPSA) is 86.8 Å². The number of amides is 2. The summed E-state index contributed by atoms with van der Waals surface area (Å²) in [5, 5.41) is 3.32. The van der Waals surface area contributed by atoms with E-state index in [-0.39, 0.29) is 18.4 Å². The van der Waals surface area contributed by atoms with E-state index in [4.69, 9.17) is 11.6 Å². The SMILES string of the molecule is Cc1cc(Cl)ccc1N(CC(=O)N(Cc1ccc(Br)cc1)C(C)C(=O)NCC(C)C)S(C)(=O)=O. The summed E-state index contributed by atoms with van der Waals surface area (Å²) in [5.74, 6) is -0.539. The van der Waals surface area contributed by atoms with E-state index >= 15 is 0 Å². The molecule has 0 aromatic heterocycles. The molecular formula is C24H31BrClN3O4S. The molecule has 2 aromatic rings. The highest BCUT2D eigenvalue weighted by atomic mass is 79.9. The third-order valence-corrected chi connectivity index (χ3v) is 7.11. The number of carbonyl (C=O) groups is 2. The number of nitrogens with one attached hydrogen (secondary N) is 1. The number of anilines is 1. The van der Waals surface area contributed by atoms with E-state index in [1.165, 1.54) is 4.90 Å². The molecule has 1 unspecified atom stereocenters. The van der Waals surface area contributed by atoms with Crippen molar-refractivity contribution in [3.63, 3.8) is 0 Å². The molecule has 2 amide bonds. The number of hydrogen-bond donors (Lipinski definition) is 1. The quantitative estimate of drug-likeness (QED) is 0.458. The first-order chi connectivity index (χ1) is 15.8. The molecule has 0 radical (unpaired) electrons. The van der Waals surface area contributed by atoms with E-state index < -0.39 is 28.5 Å². The zero-order valence-corrected chi connectivity index (χ0v) is 23.2. The number of rotatable bonds is 10. The van der Waals surface area contributed by atoms with Gasteiger partial charge in [0.2, 0.25) is 21.8 Å². The van der Waals surface area contributed by atoms with E-state index in [1.807, 2.05) is 38.1 Å². The van der Waals surface area contributed by atoms with Crippen LogP contribution >= 0.6 is 27.5 Å². The van der Waals surface area contributed by atoms with E-state index in [0.29, 0.717) is 22.8 Å². The zero-order chi connectivity index (χ0) is 25.6. The van der Waals surface area contributed by atoms with Gasteiger partial charge in [0.1, 0.15) is 12.6 Å². The summed E-state index contributed by atoms with van der Waals surface area (Å²) < 4.78 is 27.2. The van der Waals surface area contributed by atoms with Gasteiger partial charge in [-0.25, -0.2) is 8.42 Å². The lowest BCUT2D eigenvalue weighted by molar-refractivity contribution is -0.139. The standard InChI is InChI=1S/C24H31BrClN3O4S/c1-16(2)13-27-24(31)18(4)28(14-19-6-8-20(25)9-7-19)23(30)15-29(34(5,32)33)22-11-10-21(26)12-17(22)3/h6-12,16,18H,13-15H2,1-5H3,(H,27,31). The Balaban J connectivity index is 2.39. The Morgan fingerprint density at radius 1 is 1.09 bits per heavy atom. The van der Waals surface area contributed by atoms with Gasteiger partial charge in [-0.05, 0) is 61.2 Å². The predicted molar refractivity (Wildman–Crippen MR) is 140 cm³/mol. The molecule has 0 bridgehead atoms. The summed E-state index contributed by atoms with van der Waals surface area (Å²) in [5.41, 5.74) is 1.79. The summed E-state index contributed by atoms with van der Waals surface area (Å²) in [6, 6.07) is 11.4. The van der Waals surface area contributed by atoms with Gasteiger partial charge in [0.05, 0.1) is 11.9 Å². The Bertz CT molecular complexity index is 1120. The van der Waals surface area contributed by atoms with Crippen molar-refractivity contribution in [1.82, 2.24) is 10.2 Å². The number of benzene rings is 2. The van der Waals surface area contributed by atoms with Gasteiger partial charge >= 0.3 is 0 Å². The normalized spacial score (nSPS) is 12.4. The van der Waals surface area contributed by atoms with Crippen LogP contribution in [0.3, 0.4) is 0 Å². The van der Waals surface area contributed by atoms with Crippen LogP contribution in [0.25, 0.3) is 0 Å². The highest BCUT2D eigenvalue weighted by Crippen LogP contribution is 2.26. The van der Waals surface area contributed by atoms with Crippen molar-refractivity contribution in [3.8, 4) is 0 Å². The molecule has 10 heteroatoms. The van der Waals surface area contributed by atoms with Crippen molar-refractivity contribution in [2.45, 2.75) is 40.3 Å². The van der Waals surface area contributed by atoms with Crippen LogP contribution < -0.4 is 9.62 Å². The molecule has 34 heavy (non-hydrogen) atoms. The minimum Gasteiger partial charge on any atom is -0.354 e. The lowest BCUT2D eigenvalue weighted by Gasteiger charge is -2.32. The number of aryl methyl sites for hydroxylation is 1. The van der Waals surface area contributed by atoms with Crippen molar-refractivity contribution in [1.29, 1.82) is 0 Å². The number of halogens is 2. The van der Waals surface area contributed by atoms with Gasteiger partial charge in [0.25, 0.3) is 0 Å². The van der Waals surface area contributed by atoms with Gasteiger partial charge in [0.15, 0.2) is 0 Å². The lowest BCUT2D eigenvalue weighted by atomic mass is 10.1. The van der Waals surface area contributed by atoms with Crippen LogP contribution in [0.2, 0.25) is 5.02 Å². The summed E-state index contributed by atoms with van der Waals surface area (Å²) in [7, 11) is -3.79. The number of nitrogens with zero attached hydrogens (tertiary/aromatic N) is 2. The van der Waals surface area contributed by atoms with Crippen LogP contribution in [-0.2, 0) is 26.2 Å². The average Bonchev–Trinajstić information content (AvgIpc) is 2.74. The number of carbonyl (C=O) groups excluding carboxylic acids is 2. The maximum atomic E-state index is 13.5. The second-order valence-electron chi connectivity index (χ2n) is 8.66. The highest BCUT2D eigenvalue weighted by molar-refractivity contribution is 9.10. The smallest absolute Gasteiger partial charge is 0.244 e. The second kappa shape index (κ2) is 12.0. The van der Waals surface area contributed by atoms with Gasteiger partial charge in [0, 0.05) is 22.6 Å². The molecule has 0 aliphatic heterocycles. The van der Waals surface area contributed by atoms with Crippen molar-refractivity contribution in [2.75, 3.05) is 23.7 Å². The highest BCUT2D eigenvalue weighted by Gasteiger charge is 2.30. The largest absolute Gasteiger partial charge is 0.354 e. The Morgan fingerprint density at radius 3 is 2.24 bits per heavy atom. The molecule has 7 nitrogen and oxygen atoms in total. The predicted octanol–water partition coefficient (Wildman–Crippen LogP) is 4.37. The van der Waals surface area contributed by atoms with E-state index in [1.54, 1.807) is 32.0 Å². The fourth-order valence-electron chi connectivity index (χ4n) is 3.32. The molecule has 1 atom stereocenters. The summed E-state index contributed by atoms with van der Waals surface area (Å²) >= 11 is 9.42. The minimum atomic E-state index is -3.79. The van der Waals surface area contributed by atoms with Gasteiger partial charge in [-0.2, -0.15) is 0 Å². The van der Waals surface area contributed by atoms with Gasteiger partial charge in [-0.1, -0.05) is 53.5 Å². The van der Waals surface area contributed by atoms with Crippen LogP contribution in [0, 0.1) is 12.8 Å². The van der Waals surface area contributed by atoms with Crippen molar-refractivity contribution >= 4 is 55.1 Å². The van der Waals surface area contributed by atoms with Crippen LogP contribution in [0.4, 0.5) is 5.69 Å². The molecule has 0 fully saturated rings. The molecule has 0 saturated heterocycles. The average molecular weight is 573 g/mol. The molecule has 1 N–H and O–H groups in total. The maximum Gasteiger partial charge on any atom is 0.244 e. The first-order valence-corrected chi connectivity index (χ1v) is 13.9. The molecule has 0 aliphatic carbocycles. The van der Waals surface area contributed by atoms with Gasteiger partial charge in [-0.3, -0.25) is 13.9 Å². The Hall–Kier alpha value is -2.10. The molecule has 0 aliphatic rings. The second-order valence-corrected chi connectivity index (χ2v) is 11.9. The van der Waals surface area contributed by atoms with Crippen LogP contribution in [0.5, 0.6) is 0 Å². The van der Waals surface area contributed by atoms with Crippen LogP contribution in [0.1, 0.15) is 31.9 Å². The third-order valence-electron chi connectivity index (χ3n) is 5.22. The van der Waals surface area contributed by atoms with E-state index in [9.17, 15) is 18.0 Å². The Kier molecular flexibility index (Phi) is 9.96. The van der Waals surface area contributed by atoms with Gasteiger partial charge in [-0.15, -0.1) is 0 Å². The monoisotopic (exact) mass is 571 g/mol. The fourth-order valence-corrected chi connectivity index (χ4v) is 4.71. The molecule has 0 spiro atoms. The first kappa shape index (κ1) is 28.1. The minimum absolute atomic E-state index is 0.152. The molecule has 0 saturated carbocycles. The number of sulfonamides is 1.